The molecule has 0 bridgehead atoms. The van der Waals surface area contributed by atoms with Gasteiger partial charge in [0.1, 0.15) is 0 Å². The Morgan fingerprint density at radius 1 is 0.938 bits per heavy atom. The van der Waals surface area contributed by atoms with E-state index in [1.54, 1.807) is 0 Å². The highest BCUT2D eigenvalue weighted by atomic mass is 14.9. The summed E-state index contributed by atoms with van der Waals surface area (Å²) in [5.74, 6) is 0. The molecule has 0 aliphatic heterocycles. The number of hydrogen-bond acceptors (Lipinski definition) is 2. The molecule has 2 nitrogen and oxygen atoms in total. The van der Waals surface area contributed by atoms with E-state index in [9.17, 15) is 0 Å². The molecule has 2 heteroatoms. The molecule has 2 aliphatic carbocycles. The van der Waals surface area contributed by atoms with Gasteiger partial charge in [-0.3, -0.25) is 0 Å². The van der Waals surface area contributed by atoms with Gasteiger partial charge in [0.25, 0.3) is 0 Å². The number of nitrogens with one attached hydrogen (secondary N) is 1. The quantitative estimate of drug-likeness (QED) is 0.728. The second-order valence-corrected chi connectivity index (χ2v) is 6.22. The average Bonchev–Trinajstić information content (AvgIpc) is 3.11. The SMILES string of the molecule is CCC1(CNCC2(CN)CCCCC2)CC1. The van der Waals surface area contributed by atoms with E-state index in [1.165, 1.54) is 57.9 Å². The van der Waals surface area contributed by atoms with E-state index in [1.807, 2.05) is 0 Å². The molecule has 0 saturated heterocycles. The molecule has 16 heavy (non-hydrogen) atoms. The van der Waals surface area contributed by atoms with E-state index < -0.39 is 0 Å². The molecule has 0 aromatic carbocycles. The van der Waals surface area contributed by atoms with Crippen molar-refractivity contribution in [2.45, 2.75) is 58.3 Å². The summed E-state index contributed by atoms with van der Waals surface area (Å²) in [4.78, 5) is 0. The van der Waals surface area contributed by atoms with Crippen molar-refractivity contribution in [3.05, 3.63) is 0 Å². The molecule has 0 heterocycles. The highest BCUT2D eigenvalue weighted by Crippen LogP contribution is 2.48. The summed E-state index contributed by atoms with van der Waals surface area (Å²) in [7, 11) is 0. The lowest BCUT2D eigenvalue weighted by molar-refractivity contribution is 0.187. The van der Waals surface area contributed by atoms with Gasteiger partial charge in [0.05, 0.1) is 0 Å². The van der Waals surface area contributed by atoms with E-state index in [4.69, 9.17) is 5.73 Å². The van der Waals surface area contributed by atoms with Crippen LogP contribution in [0.15, 0.2) is 0 Å². The third-order valence-corrected chi connectivity index (χ3v) is 5.05. The lowest BCUT2D eigenvalue weighted by atomic mass is 9.74. The highest BCUT2D eigenvalue weighted by molar-refractivity contribution is 4.95. The second-order valence-electron chi connectivity index (χ2n) is 6.22. The fourth-order valence-electron chi connectivity index (χ4n) is 3.18. The maximum Gasteiger partial charge on any atom is 0.00201 e. The molecule has 0 unspecified atom stereocenters. The molecule has 0 radical (unpaired) electrons. The van der Waals surface area contributed by atoms with E-state index in [0.717, 1.165) is 13.1 Å². The highest BCUT2D eigenvalue weighted by Gasteiger charge is 2.40. The lowest BCUT2D eigenvalue weighted by Gasteiger charge is -2.37. The predicted octanol–water partition coefficient (Wildman–Crippen LogP) is 2.68. The van der Waals surface area contributed by atoms with E-state index in [2.05, 4.69) is 12.2 Å². The van der Waals surface area contributed by atoms with Crippen molar-refractivity contribution < 1.29 is 0 Å². The largest absolute Gasteiger partial charge is 0.330 e. The summed E-state index contributed by atoms with van der Waals surface area (Å²) >= 11 is 0. The van der Waals surface area contributed by atoms with Crippen molar-refractivity contribution in [1.82, 2.24) is 5.32 Å². The summed E-state index contributed by atoms with van der Waals surface area (Å²) < 4.78 is 0. The smallest absolute Gasteiger partial charge is 0.00201 e. The van der Waals surface area contributed by atoms with Gasteiger partial charge in [-0.05, 0) is 49.5 Å². The molecule has 2 saturated carbocycles. The van der Waals surface area contributed by atoms with Crippen molar-refractivity contribution in [1.29, 1.82) is 0 Å². The molecular weight excluding hydrogens is 196 g/mol. The zero-order valence-electron chi connectivity index (χ0n) is 10.9. The summed E-state index contributed by atoms with van der Waals surface area (Å²) in [6, 6.07) is 0. The number of hydrogen-bond donors (Lipinski definition) is 2. The van der Waals surface area contributed by atoms with Crippen LogP contribution in [0.4, 0.5) is 0 Å². The molecule has 2 aliphatic rings. The van der Waals surface area contributed by atoms with Crippen molar-refractivity contribution in [2.24, 2.45) is 16.6 Å². The fraction of sp³-hybridized carbons (Fsp3) is 1.00. The molecule has 0 aromatic heterocycles. The van der Waals surface area contributed by atoms with Crippen LogP contribution in [0.25, 0.3) is 0 Å². The molecule has 0 amide bonds. The van der Waals surface area contributed by atoms with Crippen LogP contribution in [-0.4, -0.2) is 19.6 Å². The van der Waals surface area contributed by atoms with Crippen molar-refractivity contribution in [3.63, 3.8) is 0 Å². The van der Waals surface area contributed by atoms with Gasteiger partial charge in [-0.25, -0.2) is 0 Å². The summed E-state index contributed by atoms with van der Waals surface area (Å²) in [6.45, 7) is 5.59. The van der Waals surface area contributed by atoms with Gasteiger partial charge in [-0.15, -0.1) is 0 Å². The fourth-order valence-corrected chi connectivity index (χ4v) is 3.18. The number of rotatable bonds is 6. The van der Waals surface area contributed by atoms with Crippen LogP contribution in [0.2, 0.25) is 0 Å². The third-order valence-electron chi connectivity index (χ3n) is 5.05. The van der Waals surface area contributed by atoms with Crippen LogP contribution in [-0.2, 0) is 0 Å². The van der Waals surface area contributed by atoms with Crippen LogP contribution in [0.1, 0.15) is 58.3 Å². The Labute approximate surface area is 100 Å². The zero-order chi connectivity index (χ0) is 11.5. The van der Waals surface area contributed by atoms with Crippen LogP contribution < -0.4 is 11.1 Å². The Bertz CT molecular complexity index is 215. The standard InChI is InChI=1S/C14H28N2/c1-2-13(8-9-13)11-16-12-14(10-15)6-4-3-5-7-14/h16H,2-12,15H2,1H3. The van der Waals surface area contributed by atoms with Crippen LogP contribution in [0.5, 0.6) is 0 Å². The van der Waals surface area contributed by atoms with E-state index in [0.29, 0.717) is 10.8 Å². The molecular formula is C14H28N2. The zero-order valence-corrected chi connectivity index (χ0v) is 10.9. The molecule has 0 atom stereocenters. The minimum atomic E-state index is 0.433. The van der Waals surface area contributed by atoms with Crippen molar-refractivity contribution >= 4 is 0 Å². The first-order chi connectivity index (χ1) is 7.74. The topological polar surface area (TPSA) is 38.0 Å². The summed E-state index contributed by atoms with van der Waals surface area (Å²) in [6.07, 6.45) is 11.1. The van der Waals surface area contributed by atoms with Gasteiger partial charge in [0.15, 0.2) is 0 Å². The first-order valence-corrected chi connectivity index (χ1v) is 7.15. The van der Waals surface area contributed by atoms with Crippen molar-refractivity contribution in [3.8, 4) is 0 Å². The molecule has 2 fully saturated rings. The average molecular weight is 224 g/mol. The monoisotopic (exact) mass is 224 g/mol. The van der Waals surface area contributed by atoms with Gasteiger partial charge in [0.2, 0.25) is 0 Å². The second kappa shape index (κ2) is 5.05. The molecule has 0 aromatic rings. The van der Waals surface area contributed by atoms with Gasteiger partial charge < -0.3 is 11.1 Å². The Morgan fingerprint density at radius 2 is 1.56 bits per heavy atom. The molecule has 2 rings (SSSR count). The lowest BCUT2D eigenvalue weighted by Crippen LogP contribution is -2.43. The van der Waals surface area contributed by atoms with Crippen LogP contribution >= 0.6 is 0 Å². The first kappa shape index (κ1) is 12.4. The third kappa shape index (κ3) is 2.78. The molecule has 94 valence electrons. The Hall–Kier alpha value is -0.0800. The Kier molecular flexibility index (Phi) is 3.91. The Morgan fingerprint density at radius 3 is 2.06 bits per heavy atom. The van der Waals surface area contributed by atoms with E-state index >= 15 is 0 Å². The maximum absolute atomic E-state index is 6.00. The van der Waals surface area contributed by atoms with Crippen LogP contribution in [0, 0.1) is 10.8 Å². The summed E-state index contributed by atoms with van der Waals surface area (Å²) in [5.41, 5.74) is 7.10. The predicted molar refractivity (Wildman–Crippen MR) is 69.4 cm³/mol. The molecule has 3 N–H and O–H groups in total. The summed E-state index contributed by atoms with van der Waals surface area (Å²) in [5, 5.41) is 3.72. The molecule has 0 spiro atoms. The van der Waals surface area contributed by atoms with Gasteiger partial charge in [0, 0.05) is 13.1 Å². The Balaban J connectivity index is 1.74. The minimum Gasteiger partial charge on any atom is -0.330 e. The number of nitrogens with two attached hydrogens (primary N) is 1. The maximum atomic E-state index is 6.00. The van der Waals surface area contributed by atoms with Gasteiger partial charge >= 0.3 is 0 Å². The minimum absolute atomic E-state index is 0.433. The first-order valence-electron chi connectivity index (χ1n) is 7.15. The van der Waals surface area contributed by atoms with Crippen LogP contribution in [0.3, 0.4) is 0 Å². The van der Waals surface area contributed by atoms with Gasteiger partial charge in [-0.1, -0.05) is 26.2 Å². The normalized spacial score (nSPS) is 26.6. The van der Waals surface area contributed by atoms with E-state index in [-0.39, 0.29) is 0 Å². The van der Waals surface area contributed by atoms with Gasteiger partial charge in [-0.2, -0.15) is 0 Å². The van der Waals surface area contributed by atoms with Crippen molar-refractivity contribution in [2.75, 3.05) is 19.6 Å².